The monoisotopic (exact) mass is 184 g/mol. The van der Waals surface area contributed by atoms with Crippen LogP contribution in [-0.4, -0.2) is 26.4 Å². The highest BCUT2D eigenvalue weighted by molar-refractivity contribution is 5.36. The van der Waals surface area contributed by atoms with Gasteiger partial charge in [-0.15, -0.1) is 0 Å². The van der Waals surface area contributed by atoms with E-state index in [4.69, 9.17) is 9.84 Å². The molecule has 1 rings (SSSR count). The number of phenols is 1. The van der Waals surface area contributed by atoms with Crippen molar-refractivity contribution in [2.45, 2.75) is 6.92 Å². The summed E-state index contributed by atoms with van der Waals surface area (Å²) in [6.45, 7) is 1.90. The molecule has 0 bridgehead atoms. The Morgan fingerprint density at radius 2 is 1.62 bits per heavy atom. The molecule has 0 unspecified atom stereocenters. The van der Waals surface area contributed by atoms with Gasteiger partial charge in [-0.1, -0.05) is 0 Å². The summed E-state index contributed by atoms with van der Waals surface area (Å²) in [5, 5.41) is 9.04. The van der Waals surface area contributed by atoms with Crippen molar-refractivity contribution in [1.82, 2.24) is 0 Å². The predicted octanol–water partition coefficient (Wildman–Crippen LogP) is 1.97. The Morgan fingerprint density at radius 3 is 2.00 bits per heavy atom. The second kappa shape index (κ2) is 6.31. The van der Waals surface area contributed by atoms with Gasteiger partial charge in [0.25, 0.3) is 0 Å². The van der Waals surface area contributed by atoms with Crippen LogP contribution in [0.2, 0.25) is 0 Å². The summed E-state index contributed by atoms with van der Waals surface area (Å²) in [5.74, 6) is 0.939. The maximum atomic E-state index is 9.04. The topological polar surface area (TPSA) is 38.7 Å². The fourth-order valence-corrected chi connectivity index (χ4v) is 0.846. The predicted molar refractivity (Wildman–Crippen MR) is 52.3 cm³/mol. The molecule has 0 heterocycles. The van der Waals surface area contributed by atoms with Crippen molar-refractivity contribution in [3.05, 3.63) is 23.8 Å². The van der Waals surface area contributed by atoms with E-state index in [1.54, 1.807) is 33.5 Å². The maximum absolute atomic E-state index is 9.04. The molecule has 0 atom stereocenters. The van der Waals surface area contributed by atoms with Crippen molar-refractivity contribution < 1.29 is 14.6 Å². The molecule has 74 valence electrons. The van der Waals surface area contributed by atoms with Crippen LogP contribution >= 0.6 is 0 Å². The SMILES string of the molecule is COC.COc1cc(C)cc(O)c1. The van der Waals surface area contributed by atoms with Crippen LogP contribution in [0.5, 0.6) is 11.5 Å². The highest BCUT2D eigenvalue weighted by atomic mass is 16.5. The Morgan fingerprint density at radius 1 is 1.08 bits per heavy atom. The van der Waals surface area contributed by atoms with Gasteiger partial charge in [-0.2, -0.15) is 0 Å². The first-order valence-corrected chi connectivity index (χ1v) is 3.88. The Labute approximate surface area is 78.9 Å². The van der Waals surface area contributed by atoms with Gasteiger partial charge in [0, 0.05) is 20.3 Å². The summed E-state index contributed by atoms with van der Waals surface area (Å²) in [6, 6.07) is 5.12. The molecule has 0 amide bonds. The number of rotatable bonds is 1. The molecule has 0 radical (unpaired) electrons. The van der Waals surface area contributed by atoms with Gasteiger partial charge in [0.2, 0.25) is 0 Å². The van der Waals surface area contributed by atoms with Crippen molar-refractivity contribution in [2.75, 3.05) is 21.3 Å². The van der Waals surface area contributed by atoms with Crippen molar-refractivity contribution in [1.29, 1.82) is 0 Å². The third-order valence-electron chi connectivity index (χ3n) is 1.27. The molecule has 3 nitrogen and oxygen atoms in total. The smallest absolute Gasteiger partial charge is 0.122 e. The molecule has 0 aliphatic heterocycles. The zero-order valence-electron chi connectivity index (χ0n) is 8.50. The average Bonchev–Trinajstić information content (AvgIpc) is 2.04. The third kappa shape index (κ3) is 5.09. The molecule has 1 aromatic rings. The van der Waals surface area contributed by atoms with Gasteiger partial charge in [0.1, 0.15) is 11.5 Å². The van der Waals surface area contributed by atoms with E-state index in [0.717, 1.165) is 5.56 Å². The first kappa shape index (κ1) is 11.8. The summed E-state index contributed by atoms with van der Waals surface area (Å²) in [6.07, 6.45) is 0. The van der Waals surface area contributed by atoms with Crippen LogP contribution < -0.4 is 4.74 Å². The van der Waals surface area contributed by atoms with Crippen molar-refractivity contribution in [2.24, 2.45) is 0 Å². The summed E-state index contributed by atoms with van der Waals surface area (Å²) < 4.78 is 9.17. The molecule has 0 aromatic heterocycles. The number of methoxy groups -OCH3 is 2. The molecule has 0 saturated carbocycles. The maximum Gasteiger partial charge on any atom is 0.122 e. The summed E-state index contributed by atoms with van der Waals surface area (Å²) in [5.41, 5.74) is 0.997. The largest absolute Gasteiger partial charge is 0.508 e. The fourth-order valence-electron chi connectivity index (χ4n) is 0.846. The molecular formula is C10H16O3. The summed E-state index contributed by atoms with van der Waals surface area (Å²) in [4.78, 5) is 0. The lowest BCUT2D eigenvalue weighted by Crippen LogP contribution is -1.82. The van der Waals surface area contributed by atoms with Crippen molar-refractivity contribution in [3.63, 3.8) is 0 Å². The van der Waals surface area contributed by atoms with Gasteiger partial charge in [-0.05, 0) is 24.6 Å². The zero-order chi connectivity index (χ0) is 10.3. The van der Waals surface area contributed by atoms with Gasteiger partial charge in [-0.25, -0.2) is 0 Å². The number of ether oxygens (including phenoxy) is 2. The second-order valence-corrected chi connectivity index (χ2v) is 2.62. The van der Waals surface area contributed by atoms with Crippen molar-refractivity contribution >= 4 is 0 Å². The Balaban J connectivity index is 0.000000424. The molecule has 0 aliphatic rings. The van der Waals surface area contributed by atoms with Crippen LogP contribution in [-0.2, 0) is 4.74 Å². The Kier molecular flexibility index (Phi) is 5.72. The van der Waals surface area contributed by atoms with E-state index in [-0.39, 0.29) is 5.75 Å². The van der Waals surface area contributed by atoms with E-state index in [9.17, 15) is 0 Å². The molecular weight excluding hydrogens is 168 g/mol. The molecule has 0 saturated heterocycles. The zero-order valence-corrected chi connectivity index (χ0v) is 8.50. The lowest BCUT2D eigenvalue weighted by atomic mass is 10.2. The van der Waals surface area contributed by atoms with E-state index < -0.39 is 0 Å². The van der Waals surface area contributed by atoms with E-state index in [1.165, 1.54) is 0 Å². The van der Waals surface area contributed by atoms with Crippen LogP contribution in [0, 0.1) is 6.92 Å². The standard InChI is InChI=1S/C8H10O2.C2H6O/c1-6-3-7(9)5-8(4-6)10-2;1-3-2/h3-5,9H,1-2H3;1-2H3. The van der Waals surface area contributed by atoms with Crippen LogP contribution in [0.15, 0.2) is 18.2 Å². The van der Waals surface area contributed by atoms with Crippen molar-refractivity contribution in [3.8, 4) is 11.5 Å². The quantitative estimate of drug-likeness (QED) is 0.725. The number of aromatic hydroxyl groups is 1. The van der Waals surface area contributed by atoms with Gasteiger partial charge in [0.15, 0.2) is 0 Å². The lowest BCUT2D eigenvalue weighted by Gasteiger charge is -2.00. The van der Waals surface area contributed by atoms with Gasteiger partial charge in [0.05, 0.1) is 7.11 Å². The molecule has 0 spiro atoms. The summed E-state index contributed by atoms with van der Waals surface area (Å²) in [7, 11) is 4.83. The van der Waals surface area contributed by atoms with E-state index >= 15 is 0 Å². The van der Waals surface area contributed by atoms with Crippen LogP contribution in [0.1, 0.15) is 5.56 Å². The van der Waals surface area contributed by atoms with E-state index in [0.29, 0.717) is 5.75 Å². The molecule has 0 fully saturated rings. The number of benzene rings is 1. The van der Waals surface area contributed by atoms with Crippen LogP contribution in [0.3, 0.4) is 0 Å². The molecule has 1 N–H and O–H groups in total. The first-order chi connectivity index (χ1) is 6.13. The second-order valence-electron chi connectivity index (χ2n) is 2.62. The number of phenolic OH excluding ortho intramolecular Hbond substituents is 1. The van der Waals surface area contributed by atoms with Crippen LogP contribution in [0.4, 0.5) is 0 Å². The number of aryl methyl sites for hydroxylation is 1. The summed E-state index contributed by atoms with van der Waals surface area (Å²) >= 11 is 0. The minimum Gasteiger partial charge on any atom is -0.508 e. The Bertz CT molecular complexity index is 226. The third-order valence-corrected chi connectivity index (χ3v) is 1.27. The molecule has 0 aliphatic carbocycles. The van der Waals surface area contributed by atoms with Crippen LogP contribution in [0.25, 0.3) is 0 Å². The number of hydrogen-bond acceptors (Lipinski definition) is 3. The van der Waals surface area contributed by atoms with E-state index in [1.807, 2.05) is 13.0 Å². The molecule has 13 heavy (non-hydrogen) atoms. The molecule has 3 heteroatoms. The highest BCUT2D eigenvalue weighted by Crippen LogP contribution is 2.20. The fraction of sp³-hybridized carbons (Fsp3) is 0.400. The Hall–Kier alpha value is -1.22. The van der Waals surface area contributed by atoms with Gasteiger partial charge >= 0.3 is 0 Å². The van der Waals surface area contributed by atoms with Gasteiger partial charge < -0.3 is 14.6 Å². The number of hydrogen-bond donors (Lipinski definition) is 1. The highest BCUT2D eigenvalue weighted by Gasteiger charge is 1.94. The normalized spacial score (nSPS) is 8.62. The lowest BCUT2D eigenvalue weighted by molar-refractivity contribution is 0.277. The molecule has 1 aromatic carbocycles. The van der Waals surface area contributed by atoms with E-state index in [2.05, 4.69) is 4.74 Å². The minimum atomic E-state index is 0.247. The van der Waals surface area contributed by atoms with Gasteiger partial charge in [-0.3, -0.25) is 0 Å². The minimum absolute atomic E-state index is 0.247. The first-order valence-electron chi connectivity index (χ1n) is 3.88. The average molecular weight is 184 g/mol.